The van der Waals surface area contributed by atoms with Crippen molar-refractivity contribution in [3.05, 3.63) is 69.7 Å². The number of nitrogens with two attached hydrogens (primary N) is 1. The van der Waals surface area contributed by atoms with E-state index < -0.39 is 4.92 Å². The van der Waals surface area contributed by atoms with Crippen LogP contribution in [0.5, 0.6) is 0 Å². The molecular formula is C18H17ClN5O2+. The van der Waals surface area contributed by atoms with E-state index >= 15 is 0 Å². The number of aliphatic imine (C=N–C) groups is 1. The molecule has 1 aliphatic heterocycles. The van der Waals surface area contributed by atoms with Crippen LogP contribution in [0.2, 0.25) is 0 Å². The van der Waals surface area contributed by atoms with Gasteiger partial charge in [-0.15, -0.1) is 0 Å². The lowest BCUT2D eigenvalue weighted by atomic mass is 10.1. The summed E-state index contributed by atoms with van der Waals surface area (Å²) >= 11 is 6.01. The number of hydrogen-bond acceptors (Lipinski definition) is 5. The van der Waals surface area contributed by atoms with Crippen molar-refractivity contribution in [1.82, 2.24) is 4.98 Å². The van der Waals surface area contributed by atoms with Gasteiger partial charge in [0.15, 0.2) is 12.8 Å². The predicted molar refractivity (Wildman–Crippen MR) is 101 cm³/mol. The monoisotopic (exact) mass is 370 g/mol. The number of nitrogens with one attached hydrogen (secondary N) is 1. The Balaban J connectivity index is 1.73. The Morgan fingerprint density at radius 3 is 2.81 bits per heavy atom. The molecule has 1 aromatic heterocycles. The first kappa shape index (κ1) is 17.8. The SMILES string of the molecule is NC=C(C=[NH+]Cc1ccc([N+](=O)[O-])cc1)c1cnc2c(c1)N=C(Cl)CC2. The van der Waals surface area contributed by atoms with Crippen molar-refractivity contribution in [2.24, 2.45) is 10.7 Å². The lowest BCUT2D eigenvalue weighted by Crippen LogP contribution is -2.67. The molecule has 3 rings (SSSR count). The minimum absolute atomic E-state index is 0.0691. The van der Waals surface area contributed by atoms with E-state index in [4.69, 9.17) is 17.3 Å². The van der Waals surface area contributed by atoms with Gasteiger partial charge in [0, 0.05) is 42.1 Å². The van der Waals surface area contributed by atoms with Crippen LogP contribution in [0, 0.1) is 10.1 Å². The molecule has 1 aromatic carbocycles. The fourth-order valence-corrected chi connectivity index (χ4v) is 2.76. The second-order valence-corrected chi connectivity index (χ2v) is 6.18. The number of benzene rings is 1. The zero-order chi connectivity index (χ0) is 18.5. The molecule has 0 atom stereocenters. The number of nitro benzene ring substituents is 1. The van der Waals surface area contributed by atoms with Crippen LogP contribution >= 0.6 is 11.6 Å². The van der Waals surface area contributed by atoms with Crippen LogP contribution in [0.25, 0.3) is 5.57 Å². The third-order valence-electron chi connectivity index (χ3n) is 3.98. The van der Waals surface area contributed by atoms with Gasteiger partial charge in [0.25, 0.3) is 5.69 Å². The number of halogens is 1. The summed E-state index contributed by atoms with van der Waals surface area (Å²) in [7, 11) is 0. The number of allylic oxidation sites excluding steroid dienone is 1. The van der Waals surface area contributed by atoms with Gasteiger partial charge in [0.2, 0.25) is 0 Å². The Bertz CT molecular complexity index is 920. The maximum Gasteiger partial charge on any atom is 0.269 e. The fourth-order valence-electron chi connectivity index (χ4n) is 2.58. The van der Waals surface area contributed by atoms with Crippen LogP contribution in [-0.2, 0) is 13.0 Å². The van der Waals surface area contributed by atoms with Gasteiger partial charge in [0.1, 0.15) is 5.17 Å². The van der Waals surface area contributed by atoms with Crippen LogP contribution in [0.15, 0.2) is 47.7 Å². The molecule has 0 spiro atoms. The van der Waals surface area contributed by atoms with Crippen LogP contribution in [0.4, 0.5) is 11.4 Å². The van der Waals surface area contributed by atoms with Gasteiger partial charge in [-0.05, 0) is 24.6 Å². The van der Waals surface area contributed by atoms with E-state index in [1.54, 1.807) is 24.5 Å². The van der Waals surface area contributed by atoms with Gasteiger partial charge >= 0.3 is 0 Å². The van der Waals surface area contributed by atoms with Gasteiger partial charge < -0.3 is 5.73 Å². The Kier molecular flexibility index (Phi) is 5.38. The summed E-state index contributed by atoms with van der Waals surface area (Å²) in [6.07, 6.45) is 6.51. The lowest BCUT2D eigenvalue weighted by Gasteiger charge is -2.11. The Hall–Kier alpha value is -3.06. The molecule has 2 aromatic rings. The molecule has 3 N–H and O–H groups in total. The third kappa shape index (κ3) is 4.12. The highest BCUT2D eigenvalue weighted by molar-refractivity contribution is 6.65. The van der Waals surface area contributed by atoms with Crippen molar-refractivity contribution in [2.75, 3.05) is 0 Å². The minimum atomic E-state index is -0.420. The minimum Gasteiger partial charge on any atom is -0.404 e. The van der Waals surface area contributed by atoms with Crippen molar-refractivity contribution in [1.29, 1.82) is 0 Å². The molecular weight excluding hydrogens is 354 g/mol. The molecule has 7 nitrogen and oxygen atoms in total. The fraction of sp³-hybridized carbons (Fsp3) is 0.167. The number of pyridine rings is 1. The van der Waals surface area contributed by atoms with Crippen molar-refractivity contribution in [3.63, 3.8) is 0 Å². The molecule has 0 bridgehead atoms. The standard InChI is InChI=1S/C18H16ClN5O2/c19-18-6-5-16-17(23-18)7-13(11-22-16)14(8-20)10-21-9-12-1-3-15(4-2-12)24(25)26/h1-4,7-8,10-11H,5-6,9,20H2/p+1. The normalized spacial score (nSPS) is 14.2. The maximum absolute atomic E-state index is 10.7. The summed E-state index contributed by atoms with van der Waals surface area (Å²) in [6.45, 7) is 0.512. The Morgan fingerprint density at radius 2 is 2.12 bits per heavy atom. The molecule has 1 aliphatic rings. The molecule has 0 fully saturated rings. The van der Waals surface area contributed by atoms with Gasteiger partial charge in [-0.25, -0.2) is 9.98 Å². The number of hydrogen-bond donors (Lipinski definition) is 2. The van der Waals surface area contributed by atoms with Crippen LogP contribution in [0.3, 0.4) is 0 Å². The molecule has 0 unspecified atom stereocenters. The molecule has 0 saturated heterocycles. The first-order valence-electron chi connectivity index (χ1n) is 8.01. The highest BCUT2D eigenvalue weighted by Gasteiger charge is 2.14. The highest BCUT2D eigenvalue weighted by atomic mass is 35.5. The number of aryl methyl sites for hydroxylation is 1. The molecule has 0 aliphatic carbocycles. The number of nitrogens with zero attached hydrogens (tertiary/aromatic N) is 3. The number of non-ortho nitro benzene ring substituents is 1. The van der Waals surface area contributed by atoms with Gasteiger partial charge in [-0.1, -0.05) is 11.6 Å². The van der Waals surface area contributed by atoms with Crippen molar-refractivity contribution in [3.8, 4) is 0 Å². The van der Waals surface area contributed by atoms with Crippen LogP contribution in [-0.4, -0.2) is 21.3 Å². The molecule has 132 valence electrons. The maximum atomic E-state index is 10.7. The quantitative estimate of drug-likeness (QED) is 0.475. The first-order chi connectivity index (χ1) is 12.6. The summed E-state index contributed by atoms with van der Waals surface area (Å²) in [5, 5.41) is 11.3. The van der Waals surface area contributed by atoms with Crippen LogP contribution < -0.4 is 10.7 Å². The number of nitro groups is 1. The van der Waals surface area contributed by atoms with Crippen LogP contribution in [0.1, 0.15) is 23.2 Å². The first-order valence-corrected chi connectivity index (χ1v) is 8.39. The van der Waals surface area contributed by atoms with Gasteiger partial charge in [0.05, 0.1) is 21.9 Å². The van der Waals surface area contributed by atoms with Gasteiger partial charge in [-0.3, -0.25) is 15.1 Å². The van der Waals surface area contributed by atoms with E-state index in [9.17, 15) is 10.1 Å². The van der Waals surface area contributed by atoms with E-state index in [1.807, 2.05) is 6.07 Å². The zero-order valence-electron chi connectivity index (χ0n) is 13.9. The molecule has 0 radical (unpaired) electrons. The van der Waals surface area contributed by atoms with Crippen molar-refractivity contribution < 1.29 is 9.92 Å². The second-order valence-electron chi connectivity index (χ2n) is 5.75. The number of rotatable bonds is 5. The smallest absolute Gasteiger partial charge is 0.269 e. The Labute approximate surface area is 155 Å². The topological polar surface area (TPSA) is 108 Å². The molecule has 26 heavy (non-hydrogen) atoms. The zero-order valence-corrected chi connectivity index (χ0v) is 14.6. The van der Waals surface area contributed by atoms with E-state index in [1.165, 1.54) is 18.3 Å². The molecule has 8 heteroatoms. The van der Waals surface area contributed by atoms with E-state index in [-0.39, 0.29) is 5.69 Å². The number of fused-ring (bicyclic) bond motifs is 1. The summed E-state index contributed by atoms with van der Waals surface area (Å²) in [5.41, 5.74) is 10.0. The van der Waals surface area contributed by atoms with Gasteiger partial charge in [-0.2, -0.15) is 0 Å². The average molecular weight is 371 g/mol. The summed E-state index contributed by atoms with van der Waals surface area (Å²) < 4.78 is 0. The lowest BCUT2D eigenvalue weighted by molar-refractivity contribution is -0.468. The van der Waals surface area contributed by atoms with E-state index in [0.717, 1.165) is 34.5 Å². The number of aromatic nitrogens is 1. The highest BCUT2D eigenvalue weighted by Crippen LogP contribution is 2.27. The Morgan fingerprint density at radius 1 is 1.35 bits per heavy atom. The average Bonchev–Trinajstić information content (AvgIpc) is 2.65. The van der Waals surface area contributed by atoms with E-state index in [0.29, 0.717) is 18.1 Å². The molecule has 0 saturated carbocycles. The van der Waals surface area contributed by atoms with E-state index in [2.05, 4.69) is 15.0 Å². The summed E-state index contributed by atoms with van der Waals surface area (Å²) in [5.74, 6) is 0. The summed E-state index contributed by atoms with van der Waals surface area (Å²) in [6, 6.07) is 8.29. The molecule has 0 amide bonds. The third-order valence-corrected chi connectivity index (χ3v) is 4.25. The van der Waals surface area contributed by atoms with Crippen molar-refractivity contribution >= 4 is 39.9 Å². The summed E-state index contributed by atoms with van der Waals surface area (Å²) in [4.78, 5) is 22.2. The van der Waals surface area contributed by atoms with Crippen molar-refractivity contribution in [2.45, 2.75) is 19.4 Å². The second kappa shape index (κ2) is 7.88. The molecule has 2 heterocycles. The largest absolute Gasteiger partial charge is 0.404 e. The predicted octanol–water partition coefficient (Wildman–Crippen LogP) is 1.86.